The fourth-order valence-electron chi connectivity index (χ4n) is 6.61. The molecule has 0 saturated carbocycles. The first-order valence-corrected chi connectivity index (χ1v) is 14.6. The van der Waals surface area contributed by atoms with Crippen molar-refractivity contribution in [2.45, 2.75) is 32.6 Å². The molecule has 0 aliphatic rings. The molecule has 0 bridgehead atoms. The Morgan fingerprint density at radius 2 is 0.977 bits per heavy atom. The molecule has 44 heavy (non-hydrogen) atoms. The Kier molecular flexibility index (Phi) is 10.1. The molecule has 0 N–H and O–H groups in total. The summed E-state index contributed by atoms with van der Waals surface area (Å²) in [5, 5.41) is 5.25. The van der Waals surface area contributed by atoms with Crippen LogP contribution in [0.15, 0.2) is 140 Å². The second kappa shape index (κ2) is 13.4. The fraction of sp³-hybridized carbons (Fsp3) is 0.116. The van der Waals surface area contributed by atoms with E-state index in [0.717, 1.165) is 6.42 Å². The largest absolute Gasteiger partial charge is 4.00 e. The van der Waals surface area contributed by atoms with Crippen molar-refractivity contribution in [2.75, 3.05) is 0 Å². The van der Waals surface area contributed by atoms with E-state index in [9.17, 15) is 0 Å². The molecule has 0 unspecified atom stereocenters. The molecule has 7 aromatic carbocycles. The molecule has 0 radical (unpaired) electrons. The van der Waals surface area contributed by atoms with Gasteiger partial charge in [-0.1, -0.05) is 120 Å². The minimum Gasteiger partial charge on any atom is -0.358 e. The third-order valence-electron chi connectivity index (χ3n) is 8.83. The molecule has 0 nitrogen and oxygen atoms in total. The first-order valence-electron chi connectivity index (χ1n) is 14.6. The molecule has 0 heterocycles. The smallest absolute Gasteiger partial charge is 0.358 e. The van der Waals surface area contributed by atoms with Gasteiger partial charge in [0.1, 0.15) is 0 Å². The van der Waals surface area contributed by atoms with Crippen molar-refractivity contribution >= 4 is 21.5 Å². The topological polar surface area (TPSA) is 0 Å². The summed E-state index contributed by atoms with van der Waals surface area (Å²) in [7, 11) is 0. The monoisotopic (exact) mass is 736 g/mol. The van der Waals surface area contributed by atoms with E-state index in [1.165, 1.54) is 71.6 Å². The molecule has 0 amide bonds. The van der Waals surface area contributed by atoms with Crippen LogP contribution in [0, 0.1) is 28.7 Å². The first kappa shape index (κ1) is 33.1. The van der Waals surface area contributed by atoms with E-state index in [0.29, 0.717) is 0 Å². The van der Waals surface area contributed by atoms with Crippen molar-refractivity contribution in [1.29, 1.82) is 0 Å². The Balaban J connectivity index is 0.00000147. The maximum absolute atomic E-state index is 2.45. The van der Waals surface area contributed by atoms with Crippen LogP contribution in [0.3, 0.4) is 0 Å². The van der Waals surface area contributed by atoms with Crippen LogP contribution < -0.4 is 0 Å². The quantitative estimate of drug-likeness (QED) is 0.118. The fourth-order valence-corrected chi connectivity index (χ4v) is 6.61. The second-order valence-electron chi connectivity index (χ2n) is 11.8. The van der Waals surface area contributed by atoms with Gasteiger partial charge >= 0.3 is 25.8 Å². The Bertz CT molecular complexity index is 1880. The molecule has 1 heteroatoms. The van der Waals surface area contributed by atoms with Gasteiger partial charge in [-0.15, -0.1) is 69.1 Å². The summed E-state index contributed by atoms with van der Waals surface area (Å²) in [6.45, 7) is 6.77. The number of aryl methyl sites for hydroxylation is 2. The van der Waals surface area contributed by atoms with Crippen molar-refractivity contribution < 1.29 is 25.8 Å². The zero-order chi connectivity index (χ0) is 28.0. The van der Waals surface area contributed by atoms with E-state index in [2.05, 4.69) is 160 Å². The molecule has 0 fully saturated rings. The number of rotatable bonds is 6. The van der Waals surface area contributed by atoms with Crippen LogP contribution in [0.2, 0.25) is 0 Å². The molecule has 0 aliphatic heterocycles. The van der Waals surface area contributed by atoms with Crippen molar-refractivity contribution in [3.63, 3.8) is 0 Å². The Hall–Kier alpha value is -3.81. The van der Waals surface area contributed by atoms with Gasteiger partial charge < -0.3 is 14.9 Å². The molecule has 7 aromatic rings. The van der Waals surface area contributed by atoms with Crippen molar-refractivity contribution in [1.82, 2.24) is 0 Å². The molecule has 216 valence electrons. The molecule has 0 saturated heterocycles. The van der Waals surface area contributed by atoms with Gasteiger partial charge in [0.05, 0.1) is 0 Å². The number of hydrogen-bond donors (Lipinski definition) is 0. The van der Waals surface area contributed by atoms with Crippen LogP contribution in [-0.2, 0) is 37.7 Å². The van der Waals surface area contributed by atoms with E-state index in [4.69, 9.17) is 0 Å². The summed E-state index contributed by atoms with van der Waals surface area (Å²) >= 11 is 0. The summed E-state index contributed by atoms with van der Waals surface area (Å²) in [4.78, 5) is 0. The first-order chi connectivity index (χ1) is 20.0. The maximum Gasteiger partial charge on any atom is 4.00 e. The predicted molar refractivity (Wildman–Crippen MR) is 189 cm³/mol. The maximum atomic E-state index is 2.45. The van der Waals surface area contributed by atoms with Gasteiger partial charge in [-0.25, -0.2) is 0 Å². The van der Waals surface area contributed by atoms with Gasteiger partial charge in [-0.3, -0.25) is 0 Å². The van der Waals surface area contributed by atoms with E-state index in [-0.39, 0.29) is 46.1 Å². The standard InChI is InChI=1S/C41H34.2CH3.Hf/c1-28-11-7-15-31(21-28)37-19-9-17-33-23-35(25-39(33)37)41(3,27-30-13-5-4-6-14-30)36-24-34-18-10-20-38(40(34)26-36)32-16-8-12-29(2)22-32;;;/h4-26H,27H2,1-3H3;2*1H3;/q-2;2*-1;+4. The third-order valence-corrected chi connectivity index (χ3v) is 8.83. The summed E-state index contributed by atoms with van der Waals surface area (Å²) < 4.78 is 0. The van der Waals surface area contributed by atoms with Gasteiger partial charge in [0.15, 0.2) is 0 Å². The second-order valence-corrected chi connectivity index (χ2v) is 11.8. The van der Waals surface area contributed by atoms with Gasteiger partial charge in [-0.05, 0) is 42.4 Å². The zero-order valence-corrected chi connectivity index (χ0v) is 30.1. The zero-order valence-electron chi connectivity index (χ0n) is 26.5. The average Bonchev–Trinajstić information content (AvgIpc) is 3.63. The molecule has 0 atom stereocenters. The summed E-state index contributed by atoms with van der Waals surface area (Å²) in [6, 6.07) is 51.9. The Morgan fingerprint density at radius 3 is 1.43 bits per heavy atom. The van der Waals surface area contributed by atoms with E-state index >= 15 is 0 Å². The summed E-state index contributed by atoms with van der Waals surface area (Å²) in [5.41, 5.74) is 11.6. The van der Waals surface area contributed by atoms with Crippen LogP contribution in [0.4, 0.5) is 0 Å². The molecule has 0 aliphatic carbocycles. The Morgan fingerprint density at radius 1 is 0.523 bits per heavy atom. The molecular weight excluding hydrogens is 695 g/mol. The number of fused-ring (bicyclic) bond motifs is 2. The number of benzene rings is 5. The predicted octanol–water partition coefficient (Wildman–Crippen LogP) is 11.8. The van der Waals surface area contributed by atoms with E-state index < -0.39 is 0 Å². The Labute approximate surface area is 282 Å². The van der Waals surface area contributed by atoms with Gasteiger partial charge in [0, 0.05) is 0 Å². The SMILES string of the molecule is Cc1cccc(-c2cccc3[cH-]c(C(C)(Cc4ccccc4)c4cc5c(-c6cccc(C)c6)cccc5[cH-]4)cc23)c1.[CH3-].[CH3-].[Hf+4]. The normalized spacial score (nSPS) is 11.1. The van der Waals surface area contributed by atoms with Crippen molar-refractivity contribution in [3.8, 4) is 22.3 Å². The van der Waals surface area contributed by atoms with Crippen LogP contribution in [0.25, 0.3) is 43.8 Å². The van der Waals surface area contributed by atoms with Crippen LogP contribution in [-0.4, -0.2) is 0 Å². The average molecular weight is 735 g/mol. The van der Waals surface area contributed by atoms with Crippen LogP contribution in [0.1, 0.15) is 34.7 Å². The third kappa shape index (κ3) is 6.08. The molecule has 0 aromatic heterocycles. The summed E-state index contributed by atoms with van der Waals surface area (Å²) in [5.74, 6) is 0. The summed E-state index contributed by atoms with van der Waals surface area (Å²) in [6.07, 6.45) is 0.931. The van der Waals surface area contributed by atoms with E-state index in [1.54, 1.807) is 0 Å². The molecule has 7 rings (SSSR count). The van der Waals surface area contributed by atoms with Gasteiger partial charge in [0.2, 0.25) is 0 Å². The van der Waals surface area contributed by atoms with Crippen molar-refractivity contribution in [3.05, 3.63) is 182 Å². The molecular formula is C43H40Hf. The van der Waals surface area contributed by atoms with Crippen LogP contribution >= 0.6 is 0 Å². The van der Waals surface area contributed by atoms with Crippen LogP contribution in [0.5, 0.6) is 0 Å². The molecule has 0 spiro atoms. The van der Waals surface area contributed by atoms with Gasteiger partial charge in [-0.2, -0.15) is 12.1 Å². The minimum atomic E-state index is -0.201. The van der Waals surface area contributed by atoms with Gasteiger partial charge in [0.25, 0.3) is 0 Å². The number of hydrogen-bond acceptors (Lipinski definition) is 0. The van der Waals surface area contributed by atoms with Crippen molar-refractivity contribution in [2.24, 2.45) is 0 Å². The van der Waals surface area contributed by atoms with E-state index in [1.807, 2.05) is 0 Å². The minimum absolute atomic E-state index is 0.